The van der Waals surface area contributed by atoms with Crippen molar-refractivity contribution in [3.05, 3.63) is 93.8 Å². The summed E-state index contributed by atoms with van der Waals surface area (Å²) in [5, 5.41) is 5.45. The van der Waals surface area contributed by atoms with Crippen LogP contribution < -0.4 is 4.90 Å². The van der Waals surface area contributed by atoms with Gasteiger partial charge in [-0.25, -0.2) is 4.98 Å². The van der Waals surface area contributed by atoms with Gasteiger partial charge in [-0.3, -0.25) is 0 Å². The van der Waals surface area contributed by atoms with Gasteiger partial charge in [0.05, 0.1) is 23.5 Å². The van der Waals surface area contributed by atoms with Crippen molar-refractivity contribution in [2.24, 2.45) is 0 Å². The fourth-order valence-electron chi connectivity index (χ4n) is 4.01. The van der Waals surface area contributed by atoms with Gasteiger partial charge in [-0.1, -0.05) is 36.4 Å². The monoisotopic (exact) mass is 368 g/mol. The van der Waals surface area contributed by atoms with Crippen molar-refractivity contribution in [3.63, 3.8) is 0 Å². The highest BCUT2D eigenvalue weighted by Crippen LogP contribution is 2.47. The van der Waals surface area contributed by atoms with Crippen molar-refractivity contribution in [1.29, 1.82) is 0 Å². The number of hydrogen-bond donors (Lipinski definition) is 0. The number of fused-ring (bicyclic) bond motifs is 6. The van der Waals surface area contributed by atoms with Gasteiger partial charge in [0.15, 0.2) is 6.23 Å². The molecular formula is C23H16N2OS. The molecule has 0 saturated heterocycles. The molecule has 2 aliphatic rings. The van der Waals surface area contributed by atoms with Crippen LogP contribution in [0.5, 0.6) is 0 Å². The van der Waals surface area contributed by atoms with E-state index in [1.165, 1.54) is 16.8 Å². The molecule has 0 bridgehead atoms. The molecular weight excluding hydrogens is 352 g/mol. The summed E-state index contributed by atoms with van der Waals surface area (Å²) in [5.74, 6) is 0. The number of pyridine rings is 1. The van der Waals surface area contributed by atoms with E-state index in [4.69, 9.17) is 9.72 Å². The molecule has 1 unspecified atom stereocenters. The van der Waals surface area contributed by atoms with Gasteiger partial charge < -0.3 is 9.64 Å². The highest BCUT2D eigenvalue weighted by Gasteiger charge is 2.36. The molecule has 0 fully saturated rings. The Balaban J connectivity index is 1.64. The van der Waals surface area contributed by atoms with Crippen molar-refractivity contribution in [2.75, 3.05) is 4.90 Å². The topological polar surface area (TPSA) is 25.4 Å². The fourth-order valence-corrected chi connectivity index (χ4v) is 4.66. The van der Waals surface area contributed by atoms with Crippen LogP contribution >= 0.6 is 11.3 Å². The van der Waals surface area contributed by atoms with Crippen LogP contribution in [0, 0.1) is 0 Å². The maximum atomic E-state index is 6.36. The number of aromatic nitrogens is 1. The quantitative estimate of drug-likeness (QED) is 0.422. The summed E-state index contributed by atoms with van der Waals surface area (Å²) >= 11 is 1.71. The molecule has 4 heterocycles. The van der Waals surface area contributed by atoms with Crippen molar-refractivity contribution < 1.29 is 4.74 Å². The molecule has 6 rings (SSSR count). The lowest BCUT2D eigenvalue weighted by atomic mass is 9.97. The number of para-hydroxylation sites is 2. The van der Waals surface area contributed by atoms with Crippen LogP contribution in [0.4, 0.5) is 5.69 Å². The van der Waals surface area contributed by atoms with Gasteiger partial charge in [-0.05, 0) is 35.7 Å². The molecule has 0 amide bonds. The first-order chi connectivity index (χ1) is 13.4. The third-order valence-electron chi connectivity index (χ3n) is 5.28. The molecule has 2 aromatic heterocycles. The Labute approximate surface area is 161 Å². The second kappa shape index (κ2) is 5.78. The maximum absolute atomic E-state index is 6.36. The Morgan fingerprint density at radius 1 is 1.04 bits per heavy atom. The number of ether oxygens (including phenoxy) is 1. The first-order valence-corrected chi connectivity index (χ1v) is 9.95. The summed E-state index contributed by atoms with van der Waals surface area (Å²) in [7, 11) is 0. The van der Waals surface area contributed by atoms with Gasteiger partial charge in [-0.2, -0.15) is 11.3 Å². The molecule has 27 heavy (non-hydrogen) atoms. The van der Waals surface area contributed by atoms with Gasteiger partial charge in [0, 0.05) is 33.1 Å². The summed E-state index contributed by atoms with van der Waals surface area (Å²) < 4.78 is 6.36. The number of thiophene rings is 1. The van der Waals surface area contributed by atoms with Crippen LogP contribution in [-0.2, 0) is 11.3 Å². The predicted molar refractivity (Wildman–Crippen MR) is 110 cm³/mol. The summed E-state index contributed by atoms with van der Waals surface area (Å²) in [6.45, 7) is 0.612. The third-order valence-corrected chi connectivity index (χ3v) is 5.97. The van der Waals surface area contributed by atoms with Crippen LogP contribution in [0.2, 0.25) is 0 Å². The molecule has 0 aliphatic carbocycles. The average Bonchev–Trinajstić information content (AvgIpc) is 3.26. The minimum absolute atomic E-state index is 0.160. The number of anilines is 1. The largest absolute Gasteiger partial charge is 0.349 e. The number of rotatable bonds is 1. The molecule has 0 radical (unpaired) electrons. The van der Waals surface area contributed by atoms with Crippen molar-refractivity contribution >= 4 is 39.7 Å². The molecule has 2 aromatic carbocycles. The van der Waals surface area contributed by atoms with Crippen LogP contribution in [0.25, 0.3) is 22.7 Å². The third kappa shape index (κ3) is 2.27. The Hall–Kier alpha value is -2.95. The summed E-state index contributed by atoms with van der Waals surface area (Å²) in [6.07, 6.45) is 2.04. The fraction of sp³-hybridized carbons (Fsp3) is 0.0870. The molecule has 4 aromatic rings. The van der Waals surface area contributed by atoms with Gasteiger partial charge in [0.25, 0.3) is 0 Å². The van der Waals surface area contributed by atoms with Crippen molar-refractivity contribution in [3.8, 4) is 0 Å². The minimum Gasteiger partial charge on any atom is -0.349 e. The van der Waals surface area contributed by atoms with Crippen molar-refractivity contribution in [2.45, 2.75) is 12.8 Å². The zero-order valence-corrected chi connectivity index (χ0v) is 15.3. The first kappa shape index (κ1) is 15.1. The van der Waals surface area contributed by atoms with E-state index < -0.39 is 0 Å². The molecule has 130 valence electrons. The zero-order valence-electron chi connectivity index (χ0n) is 14.5. The lowest BCUT2D eigenvalue weighted by Crippen LogP contribution is -2.36. The predicted octanol–water partition coefficient (Wildman–Crippen LogP) is 5.84. The van der Waals surface area contributed by atoms with Crippen LogP contribution in [0.3, 0.4) is 0 Å². The number of hydrogen-bond acceptors (Lipinski definition) is 4. The van der Waals surface area contributed by atoms with E-state index in [9.17, 15) is 0 Å². The lowest BCUT2D eigenvalue weighted by molar-refractivity contribution is 0.0342. The first-order valence-electron chi connectivity index (χ1n) is 9.01. The Kier molecular flexibility index (Phi) is 3.24. The van der Waals surface area contributed by atoms with Crippen LogP contribution in [0.15, 0.2) is 71.4 Å². The Morgan fingerprint density at radius 3 is 2.85 bits per heavy atom. The van der Waals surface area contributed by atoms with E-state index in [1.807, 2.05) is 6.07 Å². The van der Waals surface area contributed by atoms with E-state index in [2.05, 4.69) is 76.3 Å². The highest BCUT2D eigenvalue weighted by molar-refractivity contribution is 7.08. The average molecular weight is 368 g/mol. The SMILES string of the molecule is C1=C(c2ccsc2)N2c3ccccc3COC2c2cc3ccccc3nc21. The zero-order chi connectivity index (χ0) is 17.8. The summed E-state index contributed by atoms with van der Waals surface area (Å²) in [5.41, 5.74) is 7.91. The molecule has 1 atom stereocenters. The van der Waals surface area contributed by atoms with Crippen molar-refractivity contribution in [1.82, 2.24) is 4.98 Å². The molecule has 0 N–H and O–H groups in total. The van der Waals surface area contributed by atoms with E-state index in [0.717, 1.165) is 27.9 Å². The standard InChI is InChI=1S/C23H16N2OS/c1-3-7-19-15(5-1)11-18-20(24-19)12-22(17-9-10-27-14-17)25-21-8-4-2-6-16(21)13-26-23(18)25/h1-12,14,23H,13H2. The van der Waals surface area contributed by atoms with Crippen LogP contribution in [-0.4, -0.2) is 4.98 Å². The van der Waals surface area contributed by atoms with E-state index in [1.54, 1.807) is 11.3 Å². The minimum atomic E-state index is -0.160. The molecule has 0 saturated carbocycles. The van der Waals surface area contributed by atoms with E-state index in [-0.39, 0.29) is 6.23 Å². The van der Waals surface area contributed by atoms with Gasteiger partial charge in [-0.15, -0.1) is 0 Å². The molecule has 4 heteroatoms. The van der Waals surface area contributed by atoms with Crippen LogP contribution in [0.1, 0.15) is 28.6 Å². The summed E-state index contributed by atoms with van der Waals surface area (Å²) in [6, 6.07) is 21.2. The highest BCUT2D eigenvalue weighted by atomic mass is 32.1. The Bertz CT molecular complexity index is 1200. The van der Waals surface area contributed by atoms with E-state index >= 15 is 0 Å². The molecule has 2 aliphatic heterocycles. The molecule has 0 spiro atoms. The Morgan fingerprint density at radius 2 is 1.93 bits per heavy atom. The maximum Gasteiger partial charge on any atom is 0.163 e. The molecule has 3 nitrogen and oxygen atoms in total. The van der Waals surface area contributed by atoms with Gasteiger partial charge in [0.2, 0.25) is 0 Å². The number of benzene rings is 2. The van der Waals surface area contributed by atoms with E-state index in [0.29, 0.717) is 6.61 Å². The number of nitrogens with zero attached hydrogens (tertiary/aromatic N) is 2. The lowest BCUT2D eigenvalue weighted by Gasteiger charge is -2.42. The second-order valence-corrected chi connectivity index (χ2v) is 7.64. The second-order valence-electron chi connectivity index (χ2n) is 6.86. The summed E-state index contributed by atoms with van der Waals surface area (Å²) in [4.78, 5) is 7.26. The van der Waals surface area contributed by atoms with Gasteiger partial charge in [0.1, 0.15) is 0 Å². The normalized spacial score (nSPS) is 17.9. The smallest absolute Gasteiger partial charge is 0.163 e. The van der Waals surface area contributed by atoms with Gasteiger partial charge >= 0.3 is 0 Å².